The fourth-order valence-electron chi connectivity index (χ4n) is 2.03. The van der Waals surface area contributed by atoms with Crippen LogP contribution in [0.15, 0.2) is 42.5 Å². The number of halogens is 1. The highest BCUT2D eigenvalue weighted by Gasteiger charge is 2.17. The van der Waals surface area contributed by atoms with E-state index in [0.29, 0.717) is 10.7 Å². The molecular formula is C18H19ClN2O3. The van der Waals surface area contributed by atoms with Crippen LogP contribution >= 0.6 is 11.6 Å². The monoisotopic (exact) mass is 346 g/mol. The van der Waals surface area contributed by atoms with Gasteiger partial charge in [-0.1, -0.05) is 44.5 Å². The molecule has 0 aromatic heterocycles. The Morgan fingerprint density at radius 1 is 0.958 bits per heavy atom. The zero-order valence-electron chi connectivity index (χ0n) is 13.7. The van der Waals surface area contributed by atoms with Crippen molar-refractivity contribution in [2.45, 2.75) is 26.2 Å². The molecule has 2 rings (SSSR count). The molecular weight excluding hydrogens is 328 g/mol. The first-order valence-electron chi connectivity index (χ1n) is 7.38. The number of aromatic hydroxyl groups is 1. The molecule has 0 aliphatic heterocycles. The summed E-state index contributed by atoms with van der Waals surface area (Å²) in [5, 5.41) is 14.8. The molecule has 0 spiro atoms. The molecule has 0 saturated heterocycles. The summed E-state index contributed by atoms with van der Waals surface area (Å²) in [6.45, 7) is 6.27. The third-order valence-electron chi connectivity index (χ3n) is 3.42. The van der Waals surface area contributed by atoms with E-state index in [9.17, 15) is 14.7 Å². The van der Waals surface area contributed by atoms with Crippen LogP contribution < -0.4 is 10.6 Å². The number of benzene rings is 2. The molecule has 2 aromatic carbocycles. The van der Waals surface area contributed by atoms with Gasteiger partial charge < -0.3 is 15.7 Å². The predicted octanol–water partition coefficient (Wildman–Crippen LogP) is 3.92. The summed E-state index contributed by atoms with van der Waals surface area (Å²) in [6.07, 6.45) is 0. The van der Waals surface area contributed by atoms with Gasteiger partial charge in [0.2, 0.25) is 0 Å². The first kappa shape index (κ1) is 17.8. The van der Waals surface area contributed by atoms with Crippen LogP contribution in [0, 0.1) is 0 Å². The standard InChI is InChI=1S/C18H19ClN2O3/c1-18(2,3)11-4-7-13(8-5-11)20-16(23)17(24)21-14-10-12(19)6-9-15(14)22/h4-10,22H,1-3H3,(H,20,23)(H,21,24). The number of carbonyl (C=O) groups is 2. The highest BCUT2D eigenvalue weighted by Crippen LogP contribution is 2.26. The van der Waals surface area contributed by atoms with E-state index in [4.69, 9.17) is 11.6 Å². The highest BCUT2D eigenvalue weighted by atomic mass is 35.5. The lowest BCUT2D eigenvalue weighted by Gasteiger charge is -2.19. The average molecular weight is 347 g/mol. The van der Waals surface area contributed by atoms with Crippen LogP contribution in [0.25, 0.3) is 0 Å². The van der Waals surface area contributed by atoms with E-state index < -0.39 is 11.8 Å². The van der Waals surface area contributed by atoms with Gasteiger partial charge in [-0.05, 0) is 41.3 Å². The van der Waals surface area contributed by atoms with E-state index in [2.05, 4.69) is 31.4 Å². The third kappa shape index (κ3) is 4.49. The second kappa shape index (κ2) is 6.93. The first-order chi connectivity index (χ1) is 11.2. The summed E-state index contributed by atoms with van der Waals surface area (Å²) in [5.41, 5.74) is 1.71. The Morgan fingerprint density at radius 3 is 2.12 bits per heavy atom. The molecule has 5 nitrogen and oxygen atoms in total. The van der Waals surface area contributed by atoms with Crippen LogP contribution in [0.4, 0.5) is 11.4 Å². The summed E-state index contributed by atoms with van der Waals surface area (Å²) >= 11 is 5.80. The van der Waals surface area contributed by atoms with Gasteiger partial charge in [-0.15, -0.1) is 0 Å². The lowest BCUT2D eigenvalue weighted by molar-refractivity contribution is -0.133. The van der Waals surface area contributed by atoms with Crippen LogP contribution in [-0.4, -0.2) is 16.9 Å². The number of hydrogen-bond acceptors (Lipinski definition) is 3. The molecule has 0 bridgehead atoms. The maximum Gasteiger partial charge on any atom is 0.314 e. The van der Waals surface area contributed by atoms with Gasteiger partial charge in [0.05, 0.1) is 5.69 Å². The van der Waals surface area contributed by atoms with E-state index in [-0.39, 0.29) is 16.9 Å². The summed E-state index contributed by atoms with van der Waals surface area (Å²) in [7, 11) is 0. The highest BCUT2D eigenvalue weighted by molar-refractivity contribution is 6.44. The minimum absolute atomic E-state index is 0.00399. The number of amides is 2. The van der Waals surface area contributed by atoms with Crippen molar-refractivity contribution in [1.82, 2.24) is 0 Å². The third-order valence-corrected chi connectivity index (χ3v) is 3.66. The van der Waals surface area contributed by atoms with Crippen molar-refractivity contribution in [2.24, 2.45) is 0 Å². The van der Waals surface area contributed by atoms with Gasteiger partial charge in [-0.2, -0.15) is 0 Å². The van der Waals surface area contributed by atoms with Crippen molar-refractivity contribution in [3.63, 3.8) is 0 Å². The molecule has 6 heteroatoms. The van der Waals surface area contributed by atoms with Gasteiger partial charge in [-0.3, -0.25) is 9.59 Å². The van der Waals surface area contributed by atoms with Gasteiger partial charge in [0.1, 0.15) is 5.75 Å². The van der Waals surface area contributed by atoms with Crippen LogP contribution in [0.3, 0.4) is 0 Å². The van der Waals surface area contributed by atoms with Gasteiger partial charge >= 0.3 is 11.8 Å². The Kier molecular flexibility index (Phi) is 5.14. The van der Waals surface area contributed by atoms with Crippen molar-refractivity contribution in [3.05, 3.63) is 53.1 Å². The summed E-state index contributed by atoms with van der Waals surface area (Å²) in [5.74, 6) is -1.90. The van der Waals surface area contributed by atoms with Crippen molar-refractivity contribution < 1.29 is 14.7 Å². The molecule has 0 unspecified atom stereocenters. The summed E-state index contributed by atoms with van der Waals surface area (Å²) in [6, 6.07) is 11.4. The zero-order valence-corrected chi connectivity index (χ0v) is 14.4. The Bertz CT molecular complexity index is 765. The Labute approximate surface area is 145 Å². The van der Waals surface area contributed by atoms with Gasteiger partial charge in [0.15, 0.2) is 0 Å². The number of phenolic OH excluding ortho intramolecular Hbond substituents is 1. The number of hydrogen-bond donors (Lipinski definition) is 3. The van der Waals surface area contributed by atoms with Crippen molar-refractivity contribution in [1.29, 1.82) is 0 Å². The SMILES string of the molecule is CC(C)(C)c1ccc(NC(=O)C(=O)Nc2cc(Cl)ccc2O)cc1. The second-order valence-electron chi connectivity index (χ2n) is 6.40. The van der Waals surface area contributed by atoms with Crippen LogP contribution in [0.1, 0.15) is 26.3 Å². The lowest BCUT2D eigenvalue weighted by Crippen LogP contribution is -2.29. The van der Waals surface area contributed by atoms with Crippen LogP contribution in [0.2, 0.25) is 5.02 Å². The Morgan fingerprint density at radius 2 is 1.54 bits per heavy atom. The average Bonchev–Trinajstić information content (AvgIpc) is 2.50. The quantitative estimate of drug-likeness (QED) is 0.569. The smallest absolute Gasteiger partial charge is 0.314 e. The van der Waals surface area contributed by atoms with Crippen LogP contribution in [-0.2, 0) is 15.0 Å². The molecule has 0 aliphatic rings. The fourth-order valence-corrected chi connectivity index (χ4v) is 2.20. The molecule has 126 valence electrons. The molecule has 0 fully saturated rings. The molecule has 2 amide bonds. The maximum atomic E-state index is 12.0. The topological polar surface area (TPSA) is 78.4 Å². The number of rotatable bonds is 2. The molecule has 0 heterocycles. The molecule has 24 heavy (non-hydrogen) atoms. The molecule has 0 radical (unpaired) electrons. The minimum atomic E-state index is -0.896. The Hall–Kier alpha value is -2.53. The van der Waals surface area contributed by atoms with E-state index >= 15 is 0 Å². The fraction of sp³-hybridized carbons (Fsp3) is 0.222. The van der Waals surface area contributed by atoms with E-state index in [1.165, 1.54) is 18.2 Å². The second-order valence-corrected chi connectivity index (χ2v) is 6.83. The van der Waals surface area contributed by atoms with Crippen molar-refractivity contribution in [3.8, 4) is 5.75 Å². The van der Waals surface area contributed by atoms with Crippen LogP contribution in [0.5, 0.6) is 5.75 Å². The van der Waals surface area contributed by atoms with E-state index in [0.717, 1.165) is 5.56 Å². The molecule has 0 saturated carbocycles. The summed E-state index contributed by atoms with van der Waals surface area (Å²) in [4.78, 5) is 23.9. The number of carbonyl (C=O) groups excluding carboxylic acids is 2. The summed E-state index contributed by atoms with van der Waals surface area (Å²) < 4.78 is 0. The normalized spacial score (nSPS) is 11.0. The van der Waals surface area contributed by atoms with Gasteiger partial charge in [-0.25, -0.2) is 0 Å². The van der Waals surface area contributed by atoms with Crippen molar-refractivity contribution in [2.75, 3.05) is 10.6 Å². The number of nitrogens with one attached hydrogen (secondary N) is 2. The minimum Gasteiger partial charge on any atom is -0.506 e. The first-order valence-corrected chi connectivity index (χ1v) is 7.76. The van der Waals surface area contributed by atoms with Gasteiger partial charge in [0.25, 0.3) is 0 Å². The van der Waals surface area contributed by atoms with E-state index in [1.807, 2.05) is 12.1 Å². The van der Waals surface area contributed by atoms with Crippen molar-refractivity contribution >= 4 is 34.8 Å². The predicted molar refractivity (Wildman–Crippen MR) is 95.5 cm³/mol. The zero-order chi connectivity index (χ0) is 17.9. The number of phenols is 1. The molecule has 3 N–H and O–H groups in total. The molecule has 2 aromatic rings. The largest absolute Gasteiger partial charge is 0.506 e. The Balaban J connectivity index is 2.04. The number of anilines is 2. The lowest BCUT2D eigenvalue weighted by atomic mass is 9.87. The molecule has 0 atom stereocenters. The molecule has 0 aliphatic carbocycles. The van der Waals surface area contributed by atoms with Gasteiger partial charge in [0, 0.05) is 10.7 Å². The maximum absolute atomic E-state index is 12.0. The van der Waals surface area contributed by atoms with E-state index in [1.54, 1.807) is 12.1 Å².